The molecule has 3 aromatic rings. The quantitative estimate of drug-likeness (QED) is 0.338. The van der Waals surface area contributed by atoms with Crippen LogP contribution in [0.25, 0.3) is 11.3 Å². The minimum atomic E-state index is -0.155. The van der Waals surface area contributed by atoms with Crippen molar-refractivity contribution in [1.29, 1.82) is 0 Å². The third-order valence-electron chi connectivity index (χ3n) is 7.78. The first kappa shape index (κ1) is 26.8. The van der Waals surface area contributed by atoms with Crippen molar-refractivity contribution in [2.45, 2.75) is 45.4 Å². The number of nitrogens with one attached hydrogen (secondary N) is 1. The molecule has 2 aliphatic rings. The average molecular weight is 525 g/mol. The van der Waals surface area contributed by atoms with Crippen LogP contribution in [0, 0.1) is 12.8 Å². The molecule has 9 nitrogen and oxygen atoms in total. The van der Waals surface area contributed by atoms with Gasteiger partial charge in [0.25, 0.3) is 5.91 Å². The topological polar surface area (TPSA) is 112 Å². The van der Waals surface area contributed by atoms with E-state index in [4.69, 9.17) is 4.98 Å². The van der Waals surface area contributed by atoms with Gasteiger partial charge < -0.3 is 24.9 Å². The molecule has 39 heavy (non-hydrogen) atoms. The second-order valence-electron chi connectivity index (χ2n) is 11.1. The third-order valence-corrected chi connectivity index (χ3v) is 7.78. The van der Waals surface area contributed by atoms with E-state index in [0.717, 1.165) is 72.4 Å². The Morgan fingerprint density at radius 3 is 2.72 bits per heavy atom. The van der Waals surface area contributed by atoms with Gasteiger partial charge in [-0.15, -0.1) is 0 Å². The van der Waals surface area contributed by atoms with Gasteiger partial charge in [-0.3, -0.25) is 4.79 Å². The standard InChI is InChI=1S/C29H34BN6O3/c1-19-14-21(27(39)35-11-7-20(8-12-35)9-13-37)4-5-24(19)33-28-31-10-6-25(34-28)22-15-23-26(32-16-22)36(30-18-38)17-29(23,2)3/h4-6,10,14-16,18,20,37H,7-9,11-13,17H2,1-3H3,(H,31,33,34). The summed E-state index contributed by atoms with van der Waals surface area (Å²) in [6, 6.07) is 9.59. The number of likely N-dealkylation sites (tertiary alicyclic amines) is 1. The largest absolute Gasteiger partial charge is 0.396 e. The highest BCUT2D eigenvalue weighted by Crippen LogP contribution is 2.40. The zero-order chi connectivity index (χ0) is 27.6. The van der Waals surface area contributed by atoms with Gasteiger partial charge in [-0.1, -0.05) is 13.8 Å². The number of pyridine rings is 1. The Morgan fingerprint density at radius 2 is 2.00 bits per heavy atom. The minimum Gasteiger partial charge on any atom is -0.396 e. The maximum Gasteiger partial charge on any atom is 0.330 e. The van der Waals surface area contributed by atoms with Crippen molar-refractivity contribution < 1.29 is 14.7 Å². The fourth-order valence-corrected chi connectivity index (χ4v) is 5.53. The molecule has 10 heteroatoms. The van der Waals surface area contributed by atoms with E-state index in [-0.39, 0.29) is 17.9 Å². The maximum atomic E-state index is 13.1. The number of carbonyl (C=O) groups is 2. The molecule has 4 heterocycles. The predicted molar refractivity (Wildman–Crippen MR) is 153 cm³/mol. The smallest absolute Gasteiger partial charge is 0.330 e. The van der Waals surface area contributed by atoms with Gasteiger partial charge in [0, 0.05) is 66.4 Å². The van der Waals surface area contributed by atoms with Crippen LogP contribution in [0.4, 0.5) is 17.5 Å². The Balaban J connectivity index is 1.30. The third kappa shape index (κ3) is 5.66. The minimum absolute atomic E-state index is 0.0432. The van der Waals surface area contributed by atoms with Gasteiger partial charge in [0.1, 0.15) is 12.0 Å². The molecule has 1 aromatic carbocycles. The molecule has 5 rings (SSSR count). The summed E-state index contributed by atoms with van der Waals surface area (Å²) in [5.74, 6) is 1.79. The van der Waals surface area contributed by atoms with Gasteiger partial charge in [0.2, 0.25) is 5.95 Å². The van der Waals surface area contributed by atoms with E-state index in [2.05, 4.69) is 35.2 Å². The average Bonchev–Trinajstić information content (AvgIpc) is 3.19. The maximum absolute atomic E-state index is 13.1. The zero-order valence-corrected chi connectivity index (χ0v) is 22.7. The van der Waals surface area contributed by atoms with Crippen molar-refractivity contribution in [3.63, 3.8) is 0 Å². The molecule has 2 aliphatic heterocycles. The van der Waals surface area contributed by atoms with Crippen LogP contribution in [0.1, 0.15) is 54.6 Å². The molecule has 1 amide bonds. The number of fused-ring (bicyclic) bond motifs is 1. The van der Waals surface area contributed by atoms with Crippen LogP contribution in [0.5, 0.6) is 0 Å². The van der Waals surface area contributed by atoms with Crippen LogP contribution >= 0.6 is 0 Å². The lowest BCUT2D eigenvalue weighted by Crippen LogP contribution is -2.38. The first-order chi connectivity index (χ1) is 18.8. The molecule has 1 saturated heterocycles. The van der Waals surface area contributed by atoms with E-state index in [1.165, 1.54) is 7.41 Å². The van der Waals surface area contributed by atoms with Crippen molar-refractivity contribution in [2.75, 3.05) is 36.4 Å². The number of aliphatic hydroxyl groups excluding tert-OH is 1. The van der Waals surface area contributed by atoms with Crippen molar-refractivity contribution in [3.05, 3.63) is 59.4 Å². The number of benzene rings is 1. The van der Waals surface area contributed by atoms with Crippen molar-refractivity contribution in [2.24, 2.45) is 5.92 Å². The van der Waals surface area contributed by atoms with E-state index in [1.807, 2.05) is 40.9 Å². The molecule has 0 bridgehead atoms. The van der Waals surface area contributed by atoms with Gasteiger partial charge in [-0.25, -0.2) is 15.0 Å². The summed E-state index contributed by atoms with van der Waals surface area (Å²) in [7, 11) is 1.52. The summed E-state index contributed by atoms with van der Waals surface area (Å²) in [5, 5.41) is 12.5. The predicted octanol–water partition coefficient (Wildman–Crippen LogP) is 3.73. The molecule has 0 atom stereocenters. The summed E-state index contributed by atoms with van der Waals surface area (Å²) in [5.41, 5.74) is 4.96. The molecular formula is C29H34BN6O3. The molecule has 1 fully saturated rings. The number of aryl methyl sites for hydroxylation is 1. The lowest BCUT2D eigenvalue weighted by molar-refractivity contribution is 0.0678. The molecule has 0 unspecified atom stereocenters. The fraction of sp³-hybridized carbons (Fsp3) is 0.414. The first-order valence-corrected chi connectivity index (χ1v) is 13.5. The molecule has 201 valence electrons. The van der Waals surface area contributed by atoms with Crippen LogP contribution < -0.4 is 10.1 Å². The zero-order valence-electron chi connectivity index (χ0n) is 22.7. The number of carbonyl (C=O) groups excluding carboxylic acids is 2. The van der Waals surface area contributed by atoms with Crippen LogP contribution in [0.2, 0.25) is 0 Å². The number of rotatable bonds is 8. The van der Waals surface area contributed by atoms with Crippen molar-refractivity contribution >= 4 is 37.0 Å². The van der Waals surface area contributed by atoms with E-state index in [0.29, 0.717) is 24.0 Å². The number of hydrogen-bond acceptors (Lipinski definition) is 8. The summed E-state index contributed by atoms with van der Waals surface area (Å²) >= 11 is 0. The van der Waals surface area contributed by atoms with Gasteiger partial charge >= 0.3 is 7.41 Å². The van der Waals surface area contributed by atoms with Gasteiger partial charge in [0.05, 0.1) is 5.69 Å². The molecule has 0 spiro atoms. The number of piperidine rings is 1. The first-order valence-electron chi connectivity index (χ1n) is 13.5. The second-order valence-corrected chi connectivity index (χ2v) is 11.1. The molecule has 1 radical (unpaired) electrons. The highest BCUT2D eigenvalue weighted by molar-refractivity contribution is 6.70. The lowest BCUT2D eigenvalue weighted by Gasteiger charge is -2.32. The Hall–Kier alpha value is -3.79. The monoisotopic (exact) mass is 525 g/mol. The van der Waals surface area contributed by atoms with Gasteiger partial charge in [-0.05, 0) is 68.0 Å². The van der Waals surface area contributed by atoms with E-state index in [1.54, 1.807) is 12.4 Å². The highest BCUT2D eigenvalue weighted by atomic mass is 16.3. The Labute approximate surface area is 229 Å². The second kappa shape index (κ2) is 11.1. The number of aliphatic hydroxyl groups is 1. The van der Waals surface area contributed by atoms with Gasteiger partial charge in [0.15, 0.2) is 0 Å². The van der Waals surface area contributed by atoms with Crippen LogP contribution in [0.15, 0.2) is 42.7 Å². The highest BCUT2D eigenvalue weighted by Gasteiger charge is 2.36. The number of hydrogen-bond donors (Lipinski definition) is 2. The molecular weight excluding hydrogens is 491 g/mol. The van der Waals surface area contributed by atoms with Crippen LogP contribution in [-0.4, -0.2) is 70.7 Å². The van der Waals surface area contributed by atoms with Crippen molar-refractivity contribution in [3.8, 4) is 11.3 Å². The summed E-state index contributed by atoms with van der Waals surface area (Å²) < 4.78 is 0. The number of nitrogens with zero attached hydrogens (tertiary/aromatic N) is 5. The molecule has 2 N–H and O–H groups in total. The Kier molecular flexibility index (Phi) is 7.66. The normalized spacial score (nSPS) is 16.6. The van der Waals surface area contributed by atoms with E-state index < -0.39 is 0 Å². The molecule has 2 aromatic heterocycles. The Morgan fingerprint density at radius 1 is 1.21 bits per heavy atom. The molecule has 0 saturated carbocycles. The molecule has 0 aliphatic carbocycles. The number of amides is 1. The van der Waals surface area contributed by atoms with Crippen molar-refractivity contribution in [1.82, 2.24) is 19.9 Å². The lowest BCUT2D eigenvalue weighted by atomic mass is 9.86. The van der Waals surface area contributed by atoms with Gasteiger partial charge in [-0.2, -0.15) is 0 Å². The summed E-state index contributed by atoms with van der Waals surface area (Å²) in [6.07, 6.45) is 6.96. The fourth-order valence-electron chi connectivity index (χ4n) is 5.53. The number of anilines is 3. The van der Waals surface area contributed by atoms with E-state index in [9.17, 15) is 14.7 Å². The van der Waals surface area contributed by atoms with Crippen LogP contribution in [-0.2, 0) is 10.2 Å². The summed E-state index contributed by atoms with van der Waals surface area (Å²) in [4.78, 5) is 41.7. The van der Waals surface area contributed by atoms with E-state index >= 15 is 0 Å². The number of aromatic nitrogens is 3. The van der Waals surface area contributed by atoms with Crippen LogP contribution in [0.3, 0.4) is 0 Å². The SMILES string of the molecule is Cc1cc(C(=O)N2CCC(CCO)CC2)ccc1Nc1nccc(-c2cnc3c(c2)C(C)(C)CN3[B]C=O)n1. The Bertz CT molecular complexity index is 1370. The summed E-state index contributed by atoms with van der Waals surface area (Å²) in [6.45, 7) is 8.59.